The lowest BCUT2D eigenvalue weighted by atomic mass is 9.83. The SMILES string of the molecule is CCCC1(CO)CCN(C(=O)C(c2ccccc2)c2ccccc2)C1. The predicted molar refractivity (Wildman–Crippen MR) is 100 cm³/mol. The third kappa shape index (κ3) is 3.77. The molecular formula is C22H27NO2. The number of hydrogen-bond acceptors (Lipinski definition) is 2. The second kappa shape index (κ2) is 7.83. The normalized spacial score (nSPS) is 20.2. The number of carbonyl (C=O) groups excluding carboxylic acids is 1. The van der Waals surface area contributed by atoms with E-state index in [-0.39, 0.29) is 23.8 Å². The second-order valence-electron chi connectivity index (χ2n) is 7.17. The first-order valence-electron chi connectivity index (χ1n) is 9.19. The van der Waals surface area contributed by atoms with E-state index in [0.29, 0.717) is 6.54 Å². The summed E-state index contributed by atoms with van der Waals surface area (Å²) in [5, 5.41) is 9.88. The van der Waals surface area contributed by atoms with Crippen molar-refractivity contribution >= 4 is 5.91 Å². The Kier molecular flexibility index (Phi) is 5.54. The van der Waals surface area contributed by atoms with Crippen molar-refractivity contribution < 1.29 is 9.90 Å². The highest BCUT2D eigenvalue weighted by molar-refractivity contribution is 5.87. The molecule has 1 saturated heterocycles. The van der Waals surface area contributed by atoms with Crippen molar-refractivity contribution in [2.45, 2.75) is 32.1 Å². The molecule has 1 amide bonds. The summed E-state index contributed by atoms with van der Waals surface area (Å²) in [6, 6.07) is 20.0. The van der Waals surface area contributed by atoms with Crippen molar-refractivity contribution in [2.75, 3.05) is 19.7 Å². The van der Waals surface area contributed by atoms with Crippen molar-refractivity contribution in [3.63, 3.8) is 0 Å². The van der Waals surface area contributed by atoms with Crippen LogP contribution in [0, 0.1) is 5.41 Å². The van der Waals surface area contributed by atoms with E-state index in [0.717, 1.165) is 36.9 Å². The number of benzene rings is 2. The van der Waals surface area contributed by atoms with Gasteiger partial charge >= 0.3 is 0 Å². The minimum atomic E-state index is -0.279. The van der Waals surface area contributed by atoms with Gasteiger partial charge in [-0.05, 0) is 24.0 Å². The predicted octanol–water partition coefficient (Wildman–Crippen LogP) is 3.83. The van der Waals surface area contributed by atoms with Gasteiger partial charge in [-0.2, -0.15) is 0 Å². The van der Waals surface area contributed by atoms with Crippen molar-refractivity contribution in [1.29, 1.82) is 0 Å². The number of aliphatic hydroxyl groups excluding tert-OH is 1. The molecule has 132 valence electrons. The molecule has 3 heteroatoms. The Morgan fingerprint density at radius 3 is 2.12 bits per heavy atom. The van der Waals surface area contributed by atoms with E-state index < -0.39 is 0 Å². The fourth-order valence-electron chi connectivity index (χ4n) is 4.02. The van der Waals surface area contributed by atoms with Crippen molar-refractivity contribution in [2.24, 2.45) is 5.41 Å². The van der Waals surface area contributed by atoms with Crippen LogP contribution in [0.3, 0.4) is 0 Å². The molecule has 0 radical (unpaired) electrons. The molecule has 1 heterocycles. The first-order chi connectivity index (χ1) is 12.2. The van der Waals surface area contributed by atoms with Gasteiger partial charge in [0, 0.05) is 18.5 Å². The van der Waals surface area contributed by atoms with Gasteiger partial charge < -0.3 is 10.0 Å². The Bertz CT molecular complexity index is 646. The van der Waals surface area contributed by atoms with Crippen molar-refractivity contribution in [1.82, 2.24) is 4.90 Å². The standard InChI is InChI=1S/C22H27NO2/c1-2-13-22(17-24)14-15-23(16-22)21(25)20(18-9-5-3-6-10-18)19-11-7-4-8-12-19/h3-12,20,24H,2,13-17H2,1H3. The van der Waals surface area contributed by atoms with Gasteiger partial charge in [-0.1, -0.05) is 74.0 Å². The van der Waals surface area contributed by atoms with Gasteiger partial charge in [-0.25, -0.2) is 0 Å². The van der Waals surface area contributed by atoms with Crippen molar-refractivity contribution in [3.05, 3.63) is 71.8 Å². The van der Waals surface area contributed by atoms with Crippen LogP contribution in [0.15, 0.2) is 60.7 Å². The molecule has 1 aliphatic heterocycles. The van der Waals surface area contributed by atoms with Gasteiger partial charge in [0.15, 0.2) is 0 Å². The van der Waals surface area contributed by atoms with E-state index in [1.165, 1.54) is 0 Å². The highest BCUT2D eigenvalue weighted by atomic mass is 16.3. The summed E-state index contributed by atoms with van der Waals surface area (Å²) in [7, 11) is 0. The molecule has 1 atom stereocenters. The largest absolute Gasteiger partial charge is 0.396 e. The zero-order valence-corrected chi connectivity index (χ0v) is 14.9. The molecule has 0 saturated carbocycles. The van der Waals surface area contributed by atoms with E-state index in [9.17, 15) is 9.90 Å². The molecule has 2 aromatic rings. The Morgan fingerprint density at radius 2 is 1.64 bits per heavy atom. The Labute approximate surface area is 150 Å². The molecule has 2 aromatic carbocycles. The van der Waals surface area contributed by atoms with Gasteiger partial charge in [0.25, 0.3) is 0 Å². The molecule has 1 N–H and O–H groups in total. The minimum absolute atomic E-state index is 0.123. The summed E-state index contributed by atoms with van der Waals surface area (Å²) in [4.78, 5) is 15.4. The fourth-order valence-corrected chi connectivity index (χ4v) is 4.02. The topological polar surface area (TPSA) is 40.5 Å². The molecule has 0 bridgehead atoms. The number of hydrogen-bond donors (Lipinski definition) is 1. The first kappa shape index (κ1) is 17.7. The van der Waals surface area contributed by atoms with Crippen LogP contribution in [0.4, 0.5) is 0 Å². The summed E-state index contributed by atoms with van der Waals surface area (Å²) in [5.74, 6) is -0.137. The third-order valence-electron chi connectivity index (χ3n) is 5.38. The number of carbonyl (C=O) groups is 1. The van der Waals surface area contributed by atoms with E-state index in [4.69, 9.17) is 0 Å². The molecule has 1 unspecified atom stereocenters. The summed E-state index contributed by atoms with van der Waals surface area (Å²) < 4.78 is 0. The second-order valence-corrected chi connectivity index (χ2v) is 7.17. The lowest BCUT2D eigenvalue weighted by Crippen LogP contribution is -2.37. The Hall–Kier alpha value is -2.13. The Morgan fingerprint density at radius 1 is 1.08 bits per heavy atom. The van der Waals surface area contributed by atoms with Gasteiger partial charge in [0.1, 0.15) is 0 Å². The maximum absolute atomic E-state index is 13.4. The van der Waals surface area contributed by atoms with Gasteiger partial charge in [0.05, 0.1) is 12.5 Å². The van der Waals surface area contributed by atoms with Gasteiger partial charge in [0.2, 0.25) is 5.91 Å². The molecule has 1 fully saturated rings. The number of nitrogens with zero attached hydrogens (tertiary/aromatic N) is 1. The summed E-state index contributed by atoms with van der Waals surface area (Å²) in [5.41, 5.74) is 1.92. The Balaban J connectivity index is 1.88. The lowest BCUT2D eigenvalue weighted by molar-refractivity contribution is -0.131. The molecule has 0 aromatic heterocycles. The fraction of sp³-hybridized carbons (Fsp3) is 0.409. The van der Waals surface area contributed by atoms with Crippen LogP contribution in [-0.2, 0) is 4.79 Å². The van der Waals surface area contributed by atoms with E-state index in [1.807, 2.05) is 65.6 Å². The number of amides is 1. The quantitative estimate of drug-likeness (QED) is 0.870. The van der Waals surface area contributed by atoms with Crippen LogP contribution in [0.25, 0.3) is 0 Å². The third-order valence-corrected chi connectivity index (χ3v) is 5.38. The zero-order chi connectivity index (χ0) is 17.7. The van der Waals surface area contributed by atoms with Gasteiger partial charge in [-0.3, -0.25) is 4.79 Å². The van der Waals surface area contributed by atoms with E-state index >= 15 is 0 Å². The monoisotopic (exact) mass is 337 g/mol. The number of aliphatic hydroxyl groups is 1. The van der Waals surface area contributed by atoms with Crippen molar-refractivity contribution in [3.8, 4) is 0 Å². The molecule has 0 aliphatic carbocycles. The summed E-state index contributed by atoms with van der Waals surface area (Å²) >= 11 is 0. The van der Waals surface area contributed by atoms with E-state index in [1.54, 1.807) is 0 Å². The van der Waals surface area contributed by atoms with E-state index in [2.05, 4.69) is 6.92 Å². The number of likely N-dealkylation sites (tertiary alicyclic amines) is 1. The van der Waals surface area contributed by atoms with Crippen LogP contribution in [0.5, 0.6) is 0 Å². The highest BCUT2D eigenvalue weighted by Crippen LogP contribution is 2.37. The number of rotatable bonds is 6. The smallest absolute Gasteiger partial charge is 0.234 e. The van der Waals surface area contributed by atoms with Crippen LogP contribution >= 0.6 is 0 Å². The molecule has 0 spiro atoms. The van der Waals surface area contributed by atoms with Gasteiger partial charge in [-0.15, -0.1) is 0 Å². The highest BCUT2D eigenvalue weighted by Gasteiger charge is 2.40. The summed E-state index contributed by atoms with van der Waals surface area (Å²) in [6.45, 7) is 3.69. The van der Waals surface area contributed by atoms with Crippen LogP contribution in [0.2, 0.25) is 0 Å². The molecular weight excluding hydrogens is 310 g/mol. The molecule has 3 rings (SSSR count). The van der Waals surface area contributed by atoms with Crippen LogP contribution in [0.1, 0.15) is 43.2 Å². The first-order valence-corrected chi connectivity index (χ1v) is 9.19. The molecule has 1 aliphatic rings. The average Bonchev–Trinajstić information content (AvgIpc) is 3.09. The maximum atomic E-state index is 13.4. The zero-order valence-electron chi connectivity index (χ0n) is 14.9. The minimum Gasteiger partial charge on any atom is -0.396 e. The summed E-state index contributed by atoms with van der Waals surface area (Å²) in [6.07, 6.45) is 2.89. The lowest BCUT2D eigenvalue weighted by Gasteiger charge is -2.28. The average molecular weight is 337 g/mol. The van der Waals surface area contributed by atoms with Crippen LogP contribution < -0.4 is 0 Å². The maximum Gasteiger partial charge on any atom is 0.234 e. The molecule has 3 nitrogen and oxygen atoms in total. The molecule has 25 heavy (non-hydrogen) atoms. The van der Waals surface area contributed by atoms with Crippen LogP contribution in [-0.4, -0.2) is 35.6 Å².